The number of likely N-dealkylation sites (tertiary alicyclic amines) is 1. The van der Waals surface area contributed by atoms with Crippen LogP contribution in [0.1, 0.15) is 24.4 Å². The maximum Gasteiger partial charge on any atom is 0.235 e. The quantitative estimate of drug-likeness (QED) is 0.698. The molecule has 3 fully saturated rings. The van der Waals surface area contributed by atoms with Gasteiger partial charge in [-0.3, -0.25) is 24.3 Å². The van der Waals surface area contributed by atoms with Gasteiger partial charge in [-0.25, -0.2) is 0 Å². The smallest absolute Gasteiger partial charge is 0.235 e. The van der Waals surface area contributed by atoms with Crippen LogP contribution in [0.2, 0.25) is 0 Å². The Morgan fingerprint density at radius 3 is 2.67 bits per heavy atom. The van der Waals surface area contributed by atoms with Gasteiger partial charge >= 0.3 is 0 Å². The number of aromatic nitrogens is 1. The molecule has 6 nitrogen and oxygen atoms in total. The molecule has 3 amide bonds. The molecule has 4 atom stereocenters. The topological polar surface area (TPSA) is 70.6 Å². The zero-order valence-corrected chi connectivity index (χ0v) is 11.6. The van der Waals surface area contributed by atoms with Crippen molar-refractivity contribution in [3.05, 3.63) is 30.1 Å². The molecule has 108 valence electrons. The second-order valence-corrected chi connectivity index (χ2v) is 5.93. The third-order valence-electron chi connectivity index (χ3n) is 5.00. The summed E-state index contributed by atoms with van der Waals surface area (Å²) in [6, 6.07) is 3.17. The van der Waals surface area contributed by atoms with Crippen LogP contribution < -0.4 is 0 Å². The molecule has 0 N–H and O–H groups in total. The molecule has 21 heavy (non-hydrogen) atoms. The molecule has 0 saturated carbocycles. The van der Waals surface area contributed by atoms with Crippen molar-refractivity contribution >= 4 is 17.7 Å². The number of amides is 3. The summed E-state index contributed by atoms with van der Waals surface area (Å²) in [6.07, 6.45) is 4.46. The molecule has 0 aliphatic carbocycles. The van der Waals surface area contributed by atoms with E-state index in [1.807, 2.05) is 6.07 Å². The maximum atomic E-state index is 12.5. The number of fused-ring (bicyclic) bond motifs is 3. The van der Waals surface area contributed by atoms with E-state index in [0.717, 1.165) is 5.56 Å². The van der Waals surface area contributed by atoms with Crippen molar-refractivity contribution in [2.24, 2.45) is 11.8 Å². The van der Waals surface area contributed by atoms with Crippen molar-refractivity contribution < 1.29 is 14.4 Å². The zero-order chi connectivity index (χ0) is 14.7. The van der Waals surface area contributed by atoms with E-state index in [0.29, 0.717) is 12.8 Å². The third kappa shape index (κ3) is 1.47. The summed E-state index contributed by atoms with van der Waals surface area (Å²) < 4.78 is 0. The standard InChI is InChI=1S/C15H15N3O3/c1-17-14(20)11-9-4-5-10(19)18(9)13(12(11)15(17)21)8-3-2-6-16-7-8/h2-3,6-7,9,11-13H,4-5H2,1H3/t9-,11-,12-,13+/m1/s1. The Bertz CT molecular complexity index is 645. The minimum atomic E-state index is -0.457. The largest absolute Gasteiger partial charge is 0.331 e. The van der Waals surface area contributed by atoms with E-state index in [9.17, 15) is 14.4 Å². The molecular formula is C15H15N3O3. The third-order valence-corrected chi connectivity index (χ3v) is 5.00. The van der Waals surface area contributed by atoms with Gasteiger partial charge in [0.2, 0.25) is 17.7 Å². The highest BCUT2D eigenvalue weighted by atomic mass is 16.2. The second-order valence-electron chi connectivity index (χ2n) is 5.93. The SMILES string of the molecule is CN1C(=O)[C@@H]2[C@H](C1=O)[C@H]1CCC(=O)N1[C@H]2c1cccnc1. The van der Waals surface area contributed by atoms with E-state index in [-0.39, 0.29) is 35.7 Å². The summed E-state index contributed by atoms with van der Waals surface area (Å²) in [4.78, 5) is 44.2. The summed E-state index contributed by atoms with van der Waals surface area (Å²) >= 11 is 0. The average Bonchev–Trinajstić information content (AvgIpc) is 3.09. The van der Waals surface area contributed by atoms with Crippen LogP contribution >= 0.6 is 0 Å². The fraction of sp³-hybridized carbons (Fsp3) is 0.467. The van der Waals surface area contributed by atoms with Crippen molar-refractivity contribution in [1.29, 1.82) is 0 Å². The lowest BCUT2D eigenvalue weighted by molar-refractivity contribution is -0.140. The second kappa shape index (κ2) is 4.13. The monoisotopic (exact) mass is 285 g/mol. The Morgan fingerprint density at radius 2 is 1.95 bits per heavy atom. The van der Waals surface area contributed by atoms with Crippen LogP contribution in [-0.4, -0.2) is 45.6 Å². The molecule has 4 rings (SSSR count). The fourth-order valence-electron chi connectivity index (χ4n) is 4.13. The van der Waals surface area contributed by atoms with Gasteiger partial charge < -0.3 is 4.90 Å². The molecule has 3 saturated heterocycles. The van der Waals surface area contributed by atoms with Crippen molar-refractivity contribution in [3.8, 4) is 0 Å². The van der Waals surface area contributed by atoms with Crippen LogP contribution in [0.15, 0.2) is 24.5 Å². The molecule has 3 aliphatic rings. The van der Waals surface area contributed by atoms with E-state index in [1.54, 1.807) is 23.4 Å². The van der Waals surface area contributed by atoms with Gasteiger partial charge in [0.1, 0.15) is 0 Å². The van der Waals surface area contributed by atoms with E-state index < -0.39 is 5.92 Å². The Hall–Kier alpha value is -2.24. The first kappa shape index (κ1) is 12.5. The molecular weight excluding hydrogens is 270 g/mol. The summed E-state index contributed by atoms with van der Waals surface area (Å²) in [7, 11) is 1.53. The van der Waals surface area contributed by atoms with Crippen LogP contribution in [-0.2, 0) is 14.4 Å². The molecule has 1 aromatic rings. The Labute approximate surface area is 121 Å². The van der Waals surface area contributed by atoms with Gasteiger partial charge in [0.25, 0.3) is 0 Å². The number of nitrogens with zero attached hydrogens (tertiary/aromatic N) is 3. The van der Waals surface area contributed by atoms with Crippen LogP contribution in [0.5, 0.6) is 0 Å². The Kier molecular flexibility index (Phi) is 2.46. The van der Waals surface area contributed by atoms with Crippen molar-refractivity contribution in [3.63, 3.8) is 0 Å². The molecule has 6 heteroatoms. The van der Waals surface area contributed by atoms with E-state index >= 15 is 0 Å². The predicted octanol–water partition coefficient (Wildman–Crippen LogP) is 0.358. The number of rotatable bonds is 1. The lowest BCUT2D eigenvalue weighted by Crippen LogP contribution is -2.39. The molecule has 0 spiro atoms. The summed E-state index contributed by atoms with van der Waals surface area (Å²) in [5, 5.41) is 0. The van der Waals surface area contributed by atoms with Crippen LogP contribution in [0.25, 0.3) is 0 Å². The van der Waals surface area contributed by atoms with Crippen molar-refractivity contribution in [2.45, 2.75) is 24.9 Å². The maximum absolute atomic E-state index is 12.5. The van der Waals surface area contributed by atoms with Gasteiger partial charge in [-0.1, -0.05) is 6.07 Å². The molecule has 0 radical (unpaired) electrons. The Morgan fingerprint density at radius 1 is 1.19 bits per heavy atom. The number of hydrogen-bond donors (Lipinski definition) is 0. The predicted molar refractivity (Wildman–Crippen MR) is 71.6 cm³/mol. The average molecular weight is 285 g/mol. The van der Waals surface area contributed by atoms with Crippen LogP contribution in [0, 0.1) is 11.8 Å². The lowest BCUT2D eigenvalue weighted by Gasteiger charge is -2.28. The molecule has 0 aromatic carbocycles. The highest BCUT2D eigenvalue weighted by Crippen LogP contribution is 2.52. The number of carbonyl (C=O) groups is 3. The Balaban J connectivity index is 1.85. The molecule has 1 aromatic heterocycles. The first-order valence-electron chi connectivity index (χ1n) is 7.14. The molecule has 0 bridgehead atoms. The van der Waals surface area contributed by atoms with Gasteiger partial charge in [0, 0.05) is 31.9 Å². The number of imide groups is 1. The normalized spacial score (nSPS) is 34.6. The van der Waals surface area contributed by atoms with Gasteiger partial charge in [-0.15, -0.1) is 0 Å². The minimum Gasteiger partial charge on any atom is -0.331 e. The number of hydrogen-bond acceptors (Lipinski definition) is 4. The first-order chi connectivity index (χ1) is 10.1. The molecule has 4 heterocycles. The van der Waals surface area contributed by atoms with Gasteiger partial charge in [-0.2, -0.15) is 0 Å². The number of pyridine rings is 1. The van der Waals surface area contributed by atoms with E-state index in [2.05, 4.69) is 4.98 Å². The number of carbonyl (C=O) groups excluding carboxylic acids is 3. The summed E-state index contributed by atoms with van der Waals surface area (Å²) in [5.74, 6) is -1.14. The minimum absolute atomic E-state index is 0.0338. The summed E-state index contributed by atoms with van der Waals surface area (Å²) in [6.45, 7) is 0. The van der Waals surface area contributed by atoms with E-state index in [4.69, 9.17) is 0 Å². The van der Waals surface area contributed by atoms with Gasteiger partial charge in [0.05, 0.1) is 17.9 Å². The zero-order valence-electron chi connectivity index (χ0n) is 11.6. The van der Waals surface area contributed by atoms with E-state index in [1.165, 1.54) is 11.9 Å². The molecule has 3 aliphatic heterocycles. The van der Waals surface area contributed by atoms with Crippen molar-refractivity contribution in [2.75, 3.05) is 7.05 Å². The lowest BCUT2D eigenvalue weighted by atomic mass is 9.85. The molecule has 0 unspecified atom stereocenters. The summed E-state index contributed by atoms with van der Waals surface area (Å²) in [5.41, 5.74) is 0.835. The van der Waals surface area contributed by atoms with Crippen molar-refractivity contribution in [1.82, 2.24) is 14.8 Å². The van der Waals surface area contributed by atoms with Gasteiger partial charge in [0.15, 0.2) is 0 Å². The highest BCUT2D eigenvalue weighted by Gasteiger charge is 2.64. The first-order valence-corrected chi connectivity index (χ1v) is 7.14. The highest BCUT2D eigenvalue weighted by molar-refractivity contribution is 6.07. The van der Waals surface area contributed by atoms with Crippen LogP contribution in [0.3, 0.4) is 0 Å². The fourth-order valence-corrected chi connectivity index (χ4v) is 4.13. The van der Waals surface area contributed by atoms with Gasteiger partial charge in [-0.05, 0) is 18.1 Å². The van der Waals surface area contributed by atoms with Crippen LogP contribution in [0.4, 0.5) is 0 Å².